The molecule has 0 aliphatic heterocycles. The first kappa shape index (κ1) is 29.1. The lowest BCUT2D eigenvalue weighted by molar-refractivity contribution is -0.169. The van der Waals surface area contributed by atoms with Gasteiger partial charge in [0.25, 0.3) is 5.91 Å². The zero-order chi connectivity index (χ0) is 25.4. The number of esters is 2. The molecule has 0 aliphatic rings. The number of rotatable bonds is 10. The second kappa shape index (κ2) is 12.3. The molecule has 3 N–H and O–H groups in total. The van der Waals surface area contributed by atoms with Crippen molar-refractivity contribution in [3.63, 3.8) is 0 Å². The van der Waals surface area contributed by atoms with E-state index in [1.54, 1.807) is 48.5 Å². The summed E-state index contributed by atoms with van der Waals surface area (Å²) in [7, 11) is 0. The number of hydrogen-bond donors (Lipinski definition) is 3. The van der Waals surface area contributed by atoms with Crippen LogP contribution >= 0.6 is 0 Å². The number of alkyl carbamates (subject to hydrolysis) is 1. The number of amides is 2. The van der Waals surface area contributed by atoms with Gasteiger partial charge in [-0.25, -0.2) is 19.2 Å². The number of aliphatic carboxylic acids is 1. The number of carboxylic acids is 1. The third-order valence-electron chi connectivity index (χ3n) is 4.00. The highest BCUT2D eigenvalue weighted by Crippen LogP contribution is 2.12. The Morgan fingerprint density at radius 2 is 1.12 bits per heavy atom. The number of ether oxygens (including phenoxy) is 3. The van der Waals surface area contributed by atoms with Crippen molar-refractivity contribution < 1.29 is 43.3 Å². The highest BCUT2D eigenvalue weighted by atomic mass is 16.6. The maximum Gasteiger partial charge on any atom is 0.408 e. The van der Waals surface area contributed by atoms with Crippen molar-refractivity contribution in [1.82, 2.24) is 10.6 Å². The first-order valence-electron chi connectivity index (χ1n) is 10.4. The van der Waals surface area contributed by atoms with Crippen LogP contribution < -0.4 is 10.6 Å². The molecule has 0 spiro atoms. The first-order chi connectivity index (χ1) is 14.5. The first-order valence-corrected chi connectivity index (χ1v) is 10.4. The van der Waals surface area contributed by atoms with E-state index >= 15 is 0 Å². The highest BCUT2D eigenvalue weighted by Gasteiger charge is 2.33. The Morgan fingerprint density at radius 1 is 0.719 bits per heavy atom. The molecule has 0 rings (SSSR count). The van der Waals surface area contributed by atoms with Crippen LogP contribution in [-0.2, 0) is 33.4 Å². The topological polar surface area (TPSA) is 157 Å². The largest absolute Gasteiger partial charge is 0.478 e. The van der Waals surface area contributed by atoms with Gasteiger partial charge in [-0.15, -0.1) is 0 Å². The smallest absolute Gasteiger partial charge is 0.408 e. The van der Waals surface area contributed by atoms with E-state index in [2.05, 4.69) is 10.6 Å². The third-order valence-corrected chi connectivity index (χ3v) is 4.00. The average Bonchev–Trinajstić information content (AvgIpc) is 2.60. The second-order valence-electron chi connectivity index (χ2n) is 9.14. The molecule has 0 aromatic rings. The van der Waals surface area contributed by atoms with Gasteiger partial charge in [0.1, 0.15) is 17.7 Å². The molecule has 0 aromatic carbocycles. The predicted molar refractivity (Wildman–Crippen MR) is 114 cm³/mol. The summed E-state index contributed by atoms with van der Waals surface area (Å²) < 4.78 is 15.3. The zero-order valence-corrected chi connectivity index (χ0v) is 20.2. The summed E-state index contributed by atoms with van der Waals surface area (Å²) in [6, 6.07) is -2.27. The molecule has 0 fully saturated rings. The summed E-state index contributed by atoms with van der Waals surface area (Å²) in [5.41, 5.74) is -0.756. The zero-order valence-electron chi connectivity index (χ0n) is 20.2. The van der Waals surface area contributed by atoms with Crippen LogP contribution in [0.25, 0.3) is 0 Å². The molecular formula is C21H36N2O9. The van der Waals surface area contributed by atoms with Crippen LogP contribution in [0.2, 0.25) is 0 Å². The van der Waals surface area contributed by atoms with Gasteiger partial charge in [-0.3, -0.25) is 4.79 Å². The molecule has 4 atom stereocenters. The molecule has 32 heavy (non-hydrogen) atoms. The van der Waals surface area contributed by atoms with Crippen LogP contribution in [-0.4, -0.2) is 64.9 Å². The number of carboxylic acid groups (broad SMARTS) is 1. The maximum atomic E-state index is 12.6. The minimum absolute atomic E-state index is 0.460. The molecule has 0 saturated carbocycles. The Kier molecular flexibility index (Phi) is 11.2. The normalized spacial score (nSPS) is 15.2. The SMILES string of the molecule is CC(C)[C@H](OC(=O)[C@H](C)NC(=O)[C@H](OC(=O)[C@@H](C)NC(=O)OC(C)(C)C)C(C)C)C(=O)O. The summed E-state index contributed by atoms with van der Waals surface area (Å²) in [6.45, 7) is 14.1. The van der Waals surface area contributed by atoms with Crippen molar-refractivity contribution in [2.45, 2.75) is 92.2 Å². The molecular weight excluding hydrogens is 424 g/mol. The van der Waals surface area contributed by atoms with E-state index in [9.17, 15) is 24.0 Å². The van der Waals surface area contributed by atoms with E-state index in [0.29, 0.717) is 0 Å². The summed E-state index contributed by atoms with van der Waals surface area (Å²) in [6.07, 6.45) is -3.44. The molecule has 11 nitrogen and oxygen atoms in total. The van der Waals surface area contributed by atoms with E-state index in [4.69, 9.17) is 19.3 Å². The van der Waals surface area contributed by atoms with E-state index in [1.807, 2.05) is 0 Å². The van der Waals surface area contributed by atoms with Crippen LogP contribution in [0.3, 0.4) is 0 Å². The van der Waals surface area contributed by atoms with E-state index in [-0.39, 0.29) is 0 Å². The Morgan fingerprint density at radius 3 is 1.50 bits per heavy atom. The van der Waals surface area contributed by atoms with Gasteiger partial charge in [0, 0.05) is 5.92 Å². The monoisotopic (exact) mass is 460 g/mol. The molecule has 0 radical (unpaired) electrons. The van der Waals surface area contributed by atoms with Crippen molar-refractivity contribution in [2.24, 2.45) is 11.8 Å². The molecule has 11 heteroatoms. The Balaban J connectivity index is 5.04. The predicted octanol–water partition coefficient (Wildman–Crippen LogP) is 1.62. The van der Waals surface area contributed by atoms with Gasteiger partial charge in [-0.1, -0.05) is 27.7 Å². The molecule has 0 aromatic heterocycles. The molecule has 0 unspecified atom stereocenters. The van der Waals surface area contributed by atoms with Crippen LogP contribution in [0, 0.1) is 11.8 Å². The number of carbonyl (C=O) groups excluding carboxylic acids is 4. The van der Waals surface area contributed by atoms with Gasteiger partial charge in [-0.05, 0) is 40.5 Å². The molecule has 2 amide bonds. The van der Waals surface area contributed by atoms with Crippen molar-refractivity contribution in [3.05, 3.63) is 0 Å². The van der Waals surface area contributed by atoms with Gasteiger partial charge < -0.3 is 30.0 Å². The van der Waals surface area contributed by atoms with E-state index < -0.39 is 71.6 Å². The fourth-order valence-corrected chi connectivity index (χ4v) is 2.32. The second-order valence-corrected chi connectivity index (χ2v) is 9.14. The molecule has 0 aliphatic carbocycles. The quantitative estimate of drug-likeness (QED) is 0.325. The summed E-state index contributed by atoms with van der Waals surface area (Å²) >= 11 is 0. The van der Waals surface area contributed by atoms with Crippen molar-refractivity contribution in [3.8, 4) is 0 Å². The van der Waals surface area contributed by atoms with Crippen LogP contribution in [0.5, 0.6) is 0 Å². The number of hydrogen-bond acceptors (Lipinski definition) is 8. The van der Waals surface area contributed by atoms with Crippen LogP contribution in [0.15, 0.2) is 0 Å². The fourth-order valence-electron chi connectivity index (χ4n) is 2.32. The van der Waals surface area contributed by atoms with Crippen molar-refractivity contribution in [1.29, 1.82) is 0 Å². The van der Waals surface area contributed by atoms with Gasteiger partial charge in [-0.2, -0.15) is 0 Å². The lowest BCUT2D eigenvalue weighted by atomic mass is 10.1. The lowest BCUT2D eigenvalue weighted by Crippen LogP contribution is -2.50. The van der Waals surface area contributed by atoms with Gasteiger partial charge >= 0.3 is 24.0 Å². The Labute approximate surface area is 188 Å². The number of nitrogens with one attached hydrogen (secondary N) is 2. The standard InChI is InChI=1S/C21H36N2O9/c1-10(2)14(30-19(28)13(6)23-20(29)32-21(7,8)9)16(24)22-12(5)18(27)31-15(11(3)4)17(25)26/h10-15H,1-9H3,(H,22,24)(H,23,29)(H,25,26)/t12-,13+,14+,15-/m0/s1. The third kappa shape index (κ3) is 10.5. The Bertz CT molecular complexity index is 698. The minimum Gasteiger partial charge on any atom is -0.478 e. The van der Waals surface area contributed by atoms with Crippen LogP contribution in [0.4, 0.5) is 4.79 Å². The summed E-state index contributed by atoms with van der Waals surface area (Å²) in [5, 5.41) is 13.8. The average molecular weight is 461 g/mol. The molecule has 0 bridgehead atoms. The summed E-state index contributed by atoms with van der Waals surface area (Å²) in [4.78, 5) is 60.1. The highest BCUT2D eigenvalue weighted by molar-refractivity contribution is 5.90. The Hall–Kier alpha value is -2.85. The van der Waals surface area contributed by atoms with Gasteiger partial charge in [0.05, 0.1) is 0 Å². The van der Waals surface area contributed by atoms with E-state index in [0.717, 1.165) is 0 Å². The van der Waals surface area contributed by atoms with Crippen molar-refractivity contribution >= 4 is 29.9 Å². The molecule has 0 saturated heterocycles. The van der Waals surface area contributed by atoms with Gasteiger partial charge in [0.2, 0.25) is 6.10 Å². The molecule has 0 heterocycles. The maximum absolute atomic E-state index is 12.6. The summed E-state index contributed by atoms with van der Waals surface area (Å²) in [5.74, 6) is -4.80. The van der Waals surface area contributed by atoms with E-state index in [1.165, 1.54) is 13.8 Å². The van der Waals surface area contributed by atoms with Gasteiger partial charge in [0.15, 0.2) is 6.10 Å². The molecule has 184 valence electrons. The van der Waals surface area contributed by atoms with Crippen molar-refractivity contribution in [2.75, 3.05) is 0 Å². The number of carbonyl (C=O) groups is 5. The fraction of sp³-hybridized carbons (Fsp3) is 0.762. The minimum atomic E-state index is -1.36. The van der Waals surface area contributed by atoms with Crippen LogP contribution in [0.1, 0.15) is 62.3 Å². The lowest BCUT2D eigenvalue weighted by Gasteiger charge is -2.25.